The van der Waals surface area contributed by atoms with Crippen molar-refractivity contribution in [1.82, 2.24) is 0 Å². The molecule has 0 unspecified atom stereocenters. The summed E-state index contributed by atoms with van der Waals surface area (Å²) in [5.41, 5.74) is -3.36. The lowest BCUT2D eigenvalue weighted by Gasteiger charge is -2.47. The van der Waals surface area contributed by atoms with Crippen LogP contribution in [0.4, 0.5) is 26.3 Å². The highest BCUT2D eigenvalue weighted by molar-refractivity contribution is 8.09. The van der Waals surface area contributed by atoms with Crippen molar-refractivity contribution in [2.75, 3.05) is 13.2 Å². The molecule has 0 spiro atoms. The Morgan fingerprint density at radius 1 is 0.741 bits per heavy atom. The van der Waals surface area contributed by atoms with Crippen molar-refractivity contribution in [1.29, 1.82) is 0 Å². The fourth-order valence-electron chi connectivity index (χ4n) is 4.21. The van der Waals surface area contributed by atoms with Gasteiger partial charge < -0.3 is 10.2 Å². The molecule has 4 rings (SSSR count). The first-order valence-corrected chi connectivity index (χ1v) is 9.58. The molecule has 0 saturated heterocycles. The highest BCUT2D eigenvalue weighted by Gasteiger charge is 2.84. The van der Waals surface area contributed by atoms with Crippen LogP contribution in [0.1, 0.15) is 13.8 Å². The molecule has 2 nitrogen and oxygen atoms in total. The number of rotatable bonds is 2. The molecule has 27 heavy (non-hydrogen) atoms. The topological polar surface area (TPSA) is 40.5 Å². The highest BCUT2D eigenvalue weighted by Crippen LogP contribution is 2.73. The largest absolute Gasteiger partial charge is 0.391 e. The second-order valence-corrected chi connectivity index (χ2v) is 10.2. The Labute approximate surface area is 159 Å². The van der Waals surface area contributed by atoms with Crippen LogP contribution in [0.25, 0.3) is 0 Å². The maximum absolute atomic E-state index is 14.7. The van der Waals surface area contributed by atoms with Gasteiger partial charge in [0.15, 0.2) is 0 Å². The lowest BCUT2D eigenvalue weighted by atomic mass is 9.71. The first kappa shape index (κ1) is 19.5. The average Bonchev–Trinajstić information content (AvgIpc) is 3.13. The number of alkyl halides is 6. The molecule has 1 fully saturated rings. The number of aliphatic hydroxyl groups excluding tert-OH is 2. The molecule has 2 N–H and O–H groups in total. The zero-order valence-corrected chi connectivity index (χ0v) is 15.7. The van der Waals surface area contributed by atoms with Gasteiger partial charge in [0, 0.05) is 21.0 Å². The van der Waals surface area contributed by atoms with Crippen LogP contribution in [-0.2, 0) is 0 Å². The van der Waals surface area contributed by atoms with E-state index in [4.69, 9.17) is 0 Å². The van der Waals surface area contributed by atoms with E-state index in [1.54, 1.807) is 0 Å². The number of hydrogen-bond acceptors (Lipinski definition) is 4. The first-order chi connectivity index (χ1) is 12.3. The van der Waals surface area contributed by atoms with Crippen LogP contribution in [0, 0.1) is 0 Å². The fourth-order valence-corrected chi connectivity index (χ4v) is 7.14. The molecule has 0 aromatic carbocycles. The Bertz CT molecular complexity index is 818. The number of thioether (sulfide) groups is 2. The maximum atomic E-state index is 14.7. The maximum Gasteiger partial charge on any atom is 0.380 e. The molecule has 2 aliphatic carbocycles. The van der Waals surface area contributed by atoms with E-state index in [1.165, 1.54) is 13.8 Å². The van der Waals surface area contributed by atoms with Crippen LogP contribution in [0.2, 0.25) is 0 Å². The lowest BCUT2D eigenvalue weighted by molar-refractivity contribution is -0.258. The Kier molecular flexibility index (Phi) is 3.75. The van der Waals surface area contributed by atoms with Gasteiger partial charge in [-0.3, -0.25) is 0 Å². The van der Waals surface area contributed by atoms with E-state index < -0.39 is 51.6 Å². The van der Waals surface area contributed by atoms with E-state index in [0.29, 0.717) is 0 Å². The molecule has 2 heterocycles. The minimum absolute atomic E-state index is 0.231. The molecule has 1 saturated carbocycles. The minimum Gasteiger partial charge on any atom is -0.391 e. The third-order valence-electron chi connectivity index (χ3n) is 5.74. The zero-order valence-electron chi connectivity index (χ0n) is 14.0. The van der Waals surface area contributed by atoms with Crippen LogP contribution in [0.3, 0.4) is 0 Å². The Balaban J connectivity index is 2.16. The SMILES string of the molecule is C[C@@]12SC(CO)=CC1=C1C(=C3C=C(CO)S[C@]32C)C(F)(F)C(F)(F)C1(F)F. The quantitative estimate of drug-likeness (QED) is 0.645. The van der Waals surface area contributed by atoms with Crippen molar-refractivity contribution in [2.24, 2.45) is 0 Å². The predicted molar refractivity (Wildman–Crippen MR) is 91.2 cm³/mol. The molecular weight excluding hydrogens is 414 g/mol. The van der Waals surface area contributed by atoms with E-state index in [2.05, 4.69) is 0 Å². The second-order valence-electron chi connectivity index (χ2n) is 7.11. The molecule has 2 atom stereocenters. The predicted octanol–water partition coefficient (Wildman–Crippen LogP) is 4.28. The molecule has 10 heteroatoms. The van der Waals surface area contributed by atoms with E-state index in [9.17, 15) is 36.6 Å². The van der Waals surface area contributed by atoms with Gasteiger partial charge in [0.25, 0.3) is 0 Å². The lowest BCUT2D eigenvalue weighted by Crippen LogP contribution is -2.49. The summed E-state index contributed by atoms with van der Waals surface area (Å²) in [7, 11) is 0. The highest BCUT2D eigenvalue weighted by atomic mass is 32.2. The summed E-state index contributed by atoms with van der Waals surface area (Å²) in [5, 5.41) is 18.9. The molecule has 0 bridgehead atoms. The van der Waals surface area contributed by atoms with Crippen LogP contribution >= 0.6 is 23.5 Å². The molecular formula is C17H14F6O2S2. The van der Waals surface area contributed by atoms with E-state index in [0.717, 1.165) is 35.7 Å². The summed E-state index contributed by atoms with van der Waals surface area (Å²) in [4.78, 5) is 0.461. The van der Waals surface area contributed by atoms with E-state index in [-0.39, 0.29) is 21.0 Å². The van der Waals surface area contributed by atoms with Crippen molar-refractivity contribution < 1.29 is 36.6 Å². The van der Waals surface area contributed by atoms with Crippen LogP contribution in [-0.4, -0.2) is 50.7 Å². The molecule has 0 radical (unpaired) electrons. The van der Waals surface area contributed by atoms with Crippen molar-refractivity contribution in [3.63, 3.8) is 0 Å². The van der Waals surface area contributed by atoms with Crippen LogP contribution < -0.4 is 0 Å². The summed E-state index contributed by atoms with van der Waals surface area (Å²) in [6, 6.07) is 0. The van der Waals surface area contributed by atoms with Crippen LogP contribution in [0.5, 0.6) is 0 Å². The third kappa shape index (κ3) is 1.91. The number of halogens is 6. The van der Waals surface area contributed by atoms with Gasteiger partial charge in [0.1, 0.15) is 0 Å². The van der Waals surface area contributed by atoms with Crippen molar-refractivity contribution >= 4 is 23.5 Å². The Morgan fingerprint density at radius 3 is 1.37 bits per heavy atom. The fraction of sp³-hybridized carbons (Fsp3) is 0.529. The second kappa shape index (κ2) is 5.20. The van der Waals surface area contributed by atoms with E-state index in [1.807, 2.05) is 0 Å². The minimum atomic E-state index is -5.59. The van der Waals surface area contributed by atoms with Gasteiger partial charge in [-0.1, -0.05) is 0 Å². The van der Waals surface area contributed by atoms with E-state index >= 15 is 0 Å². The smallest absolute Gasteiger partial charge is 0.380 e. The number of fused-ring (bicyclic) bond motifs is 4. The van der Waals surface area contributed by atoms with Gasteiger partial charge in [-0.25, -0.2) is 0 Å². The standard InChI is InChI=1S/C17H14F6O2S2/c1-13-9(3-7(5-24)26-13)11-12(10-4-8(6-25)27-14(10,13)2)16(20,21)17(22,23)15(11,18)19/h3-4,24-25H,5-6H2,1-2H3/t13-,14-/m1/s1. The Hall–Kier alpha value is -0.840. The van der Waals surface area contributed by atoms with Gasteiger partial charge in [0.05, 0.1) is 22.7 Å². The van der Waals surface area contributed by atoms with Crippen LogP contribution in [0.15, 0.2) is 44.3 Å². The summed E-state index contributed by atoms with van der Waals surface area (Å²) < 4.78 is 84.4. The number of hydrogen-bond donors (Lipinski definition) is 2. The molecule has 2 aliphatic heterocycles. The number of aliphatic hydroxyl groups is 2. The molecule has 4 aliphatic rings. The van der Waals surface area contributed by atoms with Crippen molar-refractivity contribution in [3.8, 4) is 0 Å². The summed E-state index contributed by atoms with van der Waals surface area (Å²) in [6.45, 7) is 1.98. The molecule has 0 amide bonds. The number of allylic oxidation sites excluding steroid dienone is 4. The van der Waals surface area contributed by atoms with Gasteiger partial charge >= 0.3 is 17.8 Å². The first-order valence-electron chi connectivity index (χ1n) is 7.94. The molecule has 0 aromatic heterocycles. The zero-order chi connectivity index (χ0) is 20.2. The Morgan fingerprint density at radius 2 is 1.07 bits per heavy atom. The molecule has 148 valence electrons. The summed E-state index contributed by atoms with van der Waals surface area (Å²) >= 11 is 1.99. The monoisotopic (exact) mass is 428 g/mol. The van der Waals surface area contributed by atoms with Gasteiger partial charge in [-0.2, -0.15) is 26.3 Å². The third-order valence-corrected chi connectivity index (χ3v) is 8.96. The average molecular weight is 428 g/mol. The van der Waals surface area contributed by atoms with Crippen molar-refractivity contribution in [2.45, 2.75) is 41.1 Å². The summed E-state index contributed by atoms with van der Waals surface area (Å²) in [6.07, 6.45) is 2.23. The molecule has 0 aromatic rings. The summed E-state index contributed by atoms with van der Waals surface area (Å²) in [5.74, 6) is -15.7. The van der Waals surface area contributed by atoms with Gasteiger partial charge in [-0.15, -0.1) is 23.5 Å². The normalized spacial score (nSPS) is 37.9. The van der Waals surface area contributed by atoms with Crippen molar-refractivity contribution in [3.05, 3.63) is 44.3 Å². The van der Waals surface area contributed by atoms with Gasteiger partial charge in [0.2, 0.25) is 0 Å². The van der Waals surface area contributed by atoms with Gasteiger partial charge in [-0.05, 0) is 37.1 Å².